The van der Waals surface area contributed by atoms with Crippen LogP contribution in [0.15, 0.2) is 42.0 Å². The topological polar surface area (TPSA) is 26.3 Å². The maximum absolute atomic E-state index is 11.9. The average Bonchev–Trinajstić information content (AvgIpc) is 2.54. The molecular formula is C23H34O2. The molecule has 0 heterocycles. The zero-order chi connectivity index (χ0) is 18.1. The predicted molar refractivity (Wildman–Crippen MR) is 104 cm³/mol. The third-order valence-electron chi connectivity index (χ3n) is 4.82. The molecule has 0 aliphatic heterocycles. The van der Waals surface area contributed by atoms with Crippen molar-refractivity contribution in [2.75, 3.05) is 6.61 Å². The van der Waals surface area contributed by atoms with Crippen LogP contribution in [0.5, 0.6) is 0 Å². The van der Waals surface area contributed by atoms with Gasteiger partial charge >= 0.3 is 5.97 Å². The van der Waals surface area contributed by atoms with Gasteiger partial charge in [0.1, 0.15) is 0 Å². The van der Waals surface area contributed by atoms with E-state index in [1.165, 1.54) is 31.2 Å². The minimum atomic E-state index is -0.0303. The van der Waals surface area contributed by atoms with E-state index in [1.54, 1.807) is 5.57 Å². The Morgan fingerprint density at radius 3 is 2.64 bits per heavy atom. The Balaban J connectivity index is 1.72. The molecule has 0 bridgehead atoms. The molecular weight excluding hydrogens is 308 g/mol. The first-order valence-corrected chi connectivity index (χ1v) is 9.80. The maximum Gasteiger partial charge on any atom is 0.305 e. The van der Waals surface area contributed by atoms with E-state index in [0.717, 1.165) is 19.3 Å². The van der Waals surface area contributed by atoms with Gasteiger partial charge in [0.2, 0.25) is 0 Å². The molecule has 0 aromatic heterocycles. The zero-order valence-corrected chi connectivity index (χ0v) is 16.2. The number of hydrogen-bond acceptors (Lipinski definition) is 2. The molecule has 25 heavy (non-hydrogen) atoms. The highest BCUT2D eigenvalue weighted by Crippen LogP contribution is 2.27. The smallest absolute Gasteiger partial charge is 0.305 e. The number of esters is 1. The number of carbonyl (C=O) groups excluding carboxylic acids is 1. The fourth-order valence-corrected chi connectivity index (χ4v) is 3.39. The SMILES string of the molecule is CC(C)(C)COC(=O)CCC1CCC=C(Cc2ccccc2)CCC1. The van der Waals surface area contributed by atoms with Gasteiger partial charge in [0.25, 0.3) is 0 Å². The maximum atomic E-state index is 11.9. The van der Waals surface area contributed by atoms with Crippen LogP contribution in [0.2, 0.25) is 0 Å². The van der Waals surface area contributed by atoms with Crippen molar-refractivity contribution in [1.82, 2.24) is 0 Å². The molecule has 2 rings (SSSR count). The largest absolute Gasteiger partial charge is 0.465 e. The van der Waals surface area contributed by atoms with Crippen LogP contribution >= 0.6 is 0 Å². The van der Waals surface area contributed by atoms with Crippen LogP contribution in [-0.2, 0) is 16.0 Å². The van der Waals surface area contributed by atoms with Gasteiger partial charge in [-0.1, -0.05) is 69.2 Å². The fraction of sp³-hybridized carbons (Fsp3) is 0.609. The van der Waals surface area contributed by atoms with Crippen molar-refractivity contribution in [2.24, 2.45) is 11.3 Å². The van der Waals surface area contributed by atoms with Crippen molar-refractivity contribution in [1.29, 1.82) is 0 Å². The molecule has 2 heteroatoms. The van der Waals surface area contributed by atoms with Gasteiger partial charge < -0.3 is 4.74 Å². The van der Waals surface area contributed by atoms with Crippen LogP contribution in [0.1, 0.15) is 71.3 Å². The van der Waals surface area contributed by atoms with Crippen molar-refractivity contribution < 1.29 is 9.53 Å². The van der Waals surface area contributed by atoms with E-state index in [9.17, 15) is 4.79 Å². The summed E-state index contributed by atoms with van der Waals surface area (Å²) in [5, 5.41) is 0. The number of allylic oxidation sites excluding steroid dienone is 2. The summed E-state index contributed by atoms with van der Waals surface area (Å²) >= 11 is 0. The highest BCUT2D eigenvalue weighted by molar-refractivity contribution is 5.69. The number of benzene rings is 1. The Labute approximate surface area is 153 Å². The predicted octanol–water partition coefficient (Wildman–Crippen LogP) is 6.11. The highest BCUT2D eigenvalue weighted by Gasteiger charge is 2.17. The first-order valence-electron chi connectivity index (χ1n) is 9.80. The third-order valence-corrected chi connectivity index (χ3v) is 4.82. The minimum Gasteiger partial charge on any atom is -0.465 e. The summed E-state index contributed by atoms with van der Waals surface area (Å²) in [5.41, 5.74) is 3.04. The van der Waals surface area contributed by atoms with Crippen LogP contribution < -0.4 is 0 Å². The molecule has 2 nitrogen and oxygen atoms in total. The molecule has 1 aromatic rings. The van der Waals surface area contributed by atoms with Gasteiger partial charge in [-0.15, -0.1) is 0 Å². The lowest BCUT2D eigenvalue weighted by Crippen LogP contribution is -2.18. The van der Waals surface area contributed by atoms with Crippen LogP contribution in [0.4, 0.5) is 0 Å². The standard InChI is InChI=1S/C23H34O2/c1-23(2,3)18-25-22(24)16-15-19-11-7-13-21(14-8-12-19)17-20-9-5-4-6-10-20/h4-6,9-10,13,19H,7-8,11-12,14-18H2,1-3H3. The first kappa shape index (κ1) is 19.8. The van der Waals surface area contributed by atoms with E-state index >= 15 is 0 Å². The molecule has 0 N–H and O–H groups in total. The van der Waals surface area contributed by atoms with E-state index < -0.39 is 0 Å². The van der Waals surface area contributed by atoms with Crippen molar-refractivity contribution in [3.05, 3.63) is 47.5 Å². The lowest BCUT2D eigenvalue weighted by Gasteiger charge is -2.21. The van der Waals surface area contributed by atoms with E-state index in [-0.39, 0.29) is 11.4 Å². The summed E-state index contributed by atoms with van der Waals surface area (Å²) in [5.74, 6) is 0.633. The molecule has 0 spiro atoms. The molecule has 1 aliphatic carbocycles. The minimum absolute atomic E-state index is 0.0303. The van der Waals surface area contributed by atoms with Crippen molar-refractivity contribution in [3.8, 4) is 0 Å². The van der Waals surface area contributed by atoms with Crippen molar-refractivity contribution in [3.63, 3.8) is 0 Å². The highest BCUT2D eigenvalue weighted by atomic mass is 16.5. The van der Waals surface area contributed by atoms with E-state index in [4.69, 9.17) is 4.74 Å². The number of hydrogen-bond donors (Lipinski definition) is 0. The monoisotopic (exact) mass is 342 g/mol. The summed E-state index contributed by atoms with van der Waals surface area (Å²) in [6.45, 7) is 6.79. The second kappa shape index (κ2) is 9.79. The van der Waals surface area contributed by atoms with Crippen LogP contribution in [-0.4, -0.2) is 12.6 Å². The average molecular weight is 343 g/mol. The van der Waals surface area contributed by atoms with Gasteiger partial charge in [-0.05, 0) is 55.4 Å². The number of ether oxygens (including phenoxy) is 1. The molecule has 1 unspecified atom stereocenters. The first-order chi connectivity index (χ1) is 11.9. The lowest BCUT2D eigenvalue weighted by atomic mass is 9.87. The Morgan fingerprint density at radius 1 is 1.16 bits per heavy atom. The Bertz CT molecular complexity index is 551. The number of carbonyl (C=O) groups is 1. The quantitative estimate of drug-likeness (QED) is 0.461. The zero-order valence-electron chi connectivity index (χ0n) is 16.2. The van der Waals surface area contributed by atoms with Crippen molar-refractivity contribution >= 4 is 5.97 Å². The molecule has 138 valence electrons. The molecule has 1 aromatic carbocycles. The van der Waals surface area contributed by atoms with Gasteiger partial charge in [-0.25, -0.2) is 0 Å². The van der Waals surface area contributed by atoms with E-state index in [0.29, 0.717) is 18.9 Å². The lowest BCUT2D eigenvalue weighted by molar-refractivity contribution is -0.146. The molecule has 0 saturated heterocycles. The summed E-state index contributed by atoms with van der Waals surface area (Å²) in [6.07, 6.45) is 11.1. The molecule has 0 amide bonds. The second-order valence-electron chi connectivity index (χ2n) is 8.62. The molecule has 0 fully saturated rings. The van der Waals surface area contributed by atoms with Crippen LogP contribution in [0.3, 0.4) is 0 Å². The van der Waals surface area contributed by atoms with E-state index in [1.807, 2.05) is 0 Å². The van der Waals surface area contributed by atoms with Crippen LogP contribution in [0.25, 0.3) is 0 Å². The molecule has 1 aliphatic rings. The van der Waals surface area contributed by atoms with Crippen molar-refractivity contribution in [2.45, 2.75) is 72.1 Å². The fourth-order valence-electron chi connectivity index (χ4n) is 3.39. The summed E-state index contributed by atoms with van der Waals surface area (Å²) in [7, 11) is 0. The summed E-state index contributed by atoms with van der Waals surface area (Å²) in [4.78, 5) is 11.9. The van der Waals surface area contributed by atoms with Crippen LogP contribution in [0, 0.1) is 11.3 Å². The summed E-state index contributed by atoms with van der Waals surface area (Å²) in [6, 6.07) is 10.7. The Morgan fingerprint density at radius 2 is 1.92 bits per heavy atom. The number of rotatable bonds is 6. The summed E-state index contributed by atoms with van der Waals surface area (Å²) < 4.78 is 5.39. The Hall–Kier alpha value is -1.57. The van der Waals surface area contributed by atoms with E-state index in [2.05, 4.69) is 57.2 Å². The van der Waals surface area contributed by atoms with Gasteiger partial charge in [0.15, 0.2) is 0 Å². The molecule has 1 atom stereocenters. The normalized spacial score (nSPS) is 18.8. The van der Waals surface area contributed by atoms with Gasteiger partial charge in [0, 0.05) is 6.42 Å². The third kappa shape index (κ3) is 8.38. The second-order valence-corrected chi connectivity index (χ2v) is 8.62. The van der Waals surface area contributed by atoms with Gasteiger partial charge in [-0.2, -0.15) is 0 Å². The molecule has 0 radical (unpaired) electrons. The Kier molecular flexibility index (Phi) is 7.74. The molecule has 0 saturated carbocycles. The van der Waals surface area contributed by atoms with Gasteiger partial charge in [-0.3, -0.25) is 4.79 Å². The van der Waals surface area contributed by atoms with Gasteiger partial charge in [0.05, 0.1) is 6.61 Å².